The number of nitrogens with zero attached hydrogens (tertiary/aromatic N) is 2. The van der Waals surface area contributed by atoms with E-state index in [9.17, 15) is 4.79 Å². The second-order valence-electron chi connectivity index (χ2n) is 7.49. The number of aromatic nitrogens is 1. The zero-order chi connectivity index (χ0) is 17.1. The van der Waals surface area contributed by atoms with Crippen molar-refractivity contribution >= 4 is 16.8 Å². The predicted molar refractivity (Wildman–Crippen MR) is 98.3 cm³/mol. The van der Waals surface area contributed by atoms with Crippen LogP contribution in [0.5, 0.6) is 0 Å². The fourth-order valence-corrected chi connectivity index (χ4v) is 4.11. The molecule has 0 saturated carbocycles. The van der Waals surface area contributed by atoms with Crippen molar-refractivity contribution in [3.63, 3.8) is 0 Å². The van der Waals surface area contributed by atoms with Crippen LogP contribution in [0, 0.1) is 11.8 Å². The highest BCUT2D eigenvalue weighted by Crippen LogP contribution is 2.25. The molecule has 0 radical (unpaired) electrons. The summed E-state index contributed by atoms with van der Waals surface area (Å²) >= 11 is 0. The Kier molecular flexibility index (Phi) is 4.97. The molecular formula is C21H26N2O2. The van der Waals surface area contributed by atoms with Crippen molar-refractivity contribution in [2.24, 2.45) is 11.8 Å². The number of pyridine rings is 1. The first-order valence-corrected chi connectivity index (χ1v) is 9.47. The van der Waals surface area contributed by atoms with Crippen LogP contribution in [-0.4, -0.2) is 42.1 Å². The third kappa shape index (κ3) is 4.01. The van der Waals surface area contributed by atoms with Crippen molar-refractivity contribution in [2.45, 2.75) is 32.1 Å². The van der Waals surface area contributed by atoms with Crippen LogP contribution in [0.15, 0.2) is 36.5 Å². The molecule has 4 rings (SSSR count). The molecule has 0 spiro atoms. The van der Waals surface area contributed by atoms with Gasteiger partial charge in [-0.1, -0.05) is 18.2 Å². The van der Waals surface area contributed by atoms with Gasteiger partial charge in [-0.3, -0.25) is 9.78 Å². The van der Waals surface area contributed by atoms with Gasteiger partial charge in [-0.2, -0.15) is 0 Å². The molecule has 1 aromatic heterocycles. The van der Waals surface area contributed by atoms with Crippen molar-refractivity contribution in [1.29, 1.82) is 0 Å². The maximum atomic E-state index is 12.6. The average Bonchev–Trinajstić information content (AvgIpc) is 3.11. The van der Waals surface area contributed by atoms with Crippen molar-refractivity contribution in [3.8, 4) is 0 Å². The van der Waals surface area contributed by atoms with E-state index in [4.69, 9.17) is 4.74 Å². The third-order valence-corrected chi connectivity index (χ3v) is 5.61. The molecule has 4 heteroatoms. The third-order valence-electron chi connectivity index (χ3n) is 5.61. The number of amides is 1. The van der Waals surface area contributed by atoms with Crippen LogP contribution >= 0.6 is 0 Å². The van der Waals surface area contributed by atoms with E-state index in [1.807, 2.05) is 18.3 Å². The van der Waals surface area contributed by atoms with E-state index in [0.29, 0.717) is 24.2 Å². The monoisotopic (exact) mass is 338 g/mol. The lowest BCUT2D eigenvalue weighted by Crippen LogP contribution is -2.31. The summed E-state index contributed by atoms with van der Waals surface area (Å²) in [6, 6.07) is 10.5. The van der Waals surface area contributed by atoms with Crippen LogP contribution in [-0.2, 0) is 16.0 Å². The first-order chi connectivity index (χ1) is 12.3. The molecule has 0 aliphatic carbocycles. The highest BCUT2D eigenvalue weighted by atomic mass is 16.5. The van der Waals surface area contributed by atoms with Gasteiger partial charge in [0.1, 0.15) is 0 Å². The molecule has 0 N–H and O–H groups in total. The summed E-state index contributed by atoms with van der Waals surface area (Å²) in [5.41, 5.74) is 2.33. The molecule has 2 aliphatic heterocycles. The van der Waals surface area contributed by atoms with Gasteiger partial charge in [0.25, 0.3) is 0 Å². The number of carbonyl (C=O) groups excluding carboxylic acids is 1. The zero-order valence-corrected chi connectivity index (χ0v) is 14.7. The average molecular weight is 338 g/mol. The SMILES string of the molecule is O=C(CC1CCOCC1)N1CCC(Cc2cnc3ccccc3c2)C1. The molecule has 2 aromatic rings. The van der Waals surface area contributed by atoms with Crippen LogP contribution in [0.2, 0.25) is 0 Å². The van der Waals surface area contributed by atoms with Crippen LogP contribution in [0.25, 0.3) is 10.9 Å². The minimum atomic E-state index is 0.339. The quantitative estimate of drug-likeness (QED) is 0.857. The molecular weight excluding hydrogens is 312 g/mol. The van der Waals surface area contributed by atoms with Gasteiger partial charge in [0.05, 0.1) is 5.52 Å². The molecule has 1 amide bonds. The van der Waals surface area contributed by atoms with Gasteiger partial charge >= 0.3 is 0 Å². The van der Waals surface area contributed by atoms with Gasteiger partial charge in [0.15, 0.2) is 0 Å². The summed E-state index contributed by atoms with van der Waals surface area (Å²) in [7, 11) is 0. The normalized spacial score (nSPS) is 21.8. The van der Waals surface area contributed by atoms with Crippen molar-refractivity contribution in [2.75, 3.05) is 26.3 Å². The van der Waals surface area contributed by atoms with Gasteiger partial charge < -0.3 is 9.64 Å². The maximum Gasteiger partial charge on any atom is 0.222 e. The second-order valence-corrected chi connectivity index (χ2v) is 7.49. The van der Waals surface area contributed by atoms with E-state index in [-0.39, 0.29) is 0 Å². The standard InChI is InChI=1S/C21H26N2O2/c24-21(13-16-6-9-25-10-7-16)23-8-5-17(15-23)11-18-12-19-3-1-2-4-20(19)22-14-18/h1-4,12,14,16-17H,5-11,13,15H2. The topological polar surface area (TPSA) is 42.4 Å². The number of hydrogen-bond donors (Lipinski definition) is 0. The van der Waals surface area contributed by atoms with Crippen LogP contribution in [0.1, 0.15) is 31.2 Å². The molecule has 132 valence electrons. The van der Waals surface area contributed by atoms with E-state index in [1.54, 1.807) is 0 Å². The summed E-state index contributed by atoms with van der Waals surface area (Å²) in [6.07, 6.45) is 6.88. The lowest BCUT2D eigenvalue weighted by atomic mass is 9.96. The first-order valence-electron chi connectivity index (χ1n) is 9.47. The fourth-order valence-electron chi connectivity index (χ4n) is 4.11. The Balaban J connectivity index is 1.32. The number of carbonyl (C=O) groups is 1. The summed E-state index contributed by atoms with van der Waals surface area (Å²) in [5, 5.41) is 1.20. The summed E-state index contributed by atoms with van der Waals surface area (Å²) in [4.78, 5) is 19.2. The second kappa shape index (κ2) is 7.52. The number of likely N-dealkylation sites (tertiary alicyclic amines) is 1. The Morgan fingerprint density at radius 2 is 2.00 bits per heavy atom. The summed E-state index contributed by atoms with van der Waals surface area (Å²) < 4.78 is 5.39. The molecule has 1 atom stereocenters. The fraction of sp³-hybridized carbons (Fsp3) is 0.524. The molecule has 3 heterocycles. The van der Waals surface area contributed by atoms with Gasteiger partial charge in [-0.05, 0) is 55.2 Å². The Labute approximate surface area is 149 Å². The Hall–Kier alpha value is -1.94. The molecule has 25 heavy (non-hydrogen) atoms. The highest BCUT2D eigenvalue weighted by molar-refractivity contribution is 5.78. The molecule has 1 unspecified atom stereocenters. The van der Waals surface area contributed by atoms with Gasteiger partial charge in [-0.25, -0.2) is 0 Å². The zero-order valence-electron chi connectivity index (χ0n) is 14.7. The highest BCUT2D eigenvalue weighted by Gasteiger charge is 2.28. The Morgan fingerprint density at radius 3 is 2.88 bits per heavy atom. The minimum absolute atomic E-state index is 0.339. The number of para-hydroxylation sites is 1. The van der Waals surface area contributed by atoms with E-state index in [0.717, 1.165) is 57.5 Å². The molecule has 1 aromatic carbocycles. The van der Waals surface area contributed by atoms with Crippen LogP contribution in [0.4, 0.5) is 0 Å². The van der Waals surface area contributed by atoms with Crippen molar-refractivity contribution in [1.82, 2.24) is 9.88 Å². The van der Waals surface area contributed by atoms with Crippen LogP contribution in [0.3, 0.4) is 0 Å². The van der Waals surface area contributed by atoms with Crippen molar-refractivity contribution < 1.29 is 9.53 Å². The molecule has 0 bridgehead atoms. The van der Waals surface area contributed by atoms with E-state index < -0.39 is 0 Å². The number of ether oxygens (including phenoxy) is 1. The number of rotatable bonds is 4. The van der Waals surface area contributed by atoms with E-state index in [1.165, 1.54) is 10.9 Å². The van der Waals surface area contributed by atoms with E-state index >= 15 is 0 Å². The molecule has 4 nitrogen and oxygen atoms in total. The summed E-state index contributed by atoms with van der Waals surface area (Å²) in [5.74, 6) is 1.41. The minimum Gasteiger partial charge on any atom is -0.381 e. The lowest BCUT2D eigenvalue weighted by molar-refractivity contribution is -0.132. The largest absolute Gasteiger partial charge is 0.381 e. The maximum absolute atomic E-state index is 12.6. The smallest absolute Gasteiger partial charge is 0.222 e. The number of benzene rings is 1. The van der Waals surface area contributed by atoms with Gasteiger partial charge in [0.2, 0.25) is 5.91 Å². The van der Waals surface area contributed by atoms with Crippen LogP contribution < -0.4 is 0 Å². The van der Waals surface area contributed by atoms with E-state index in [2.05, 4.69) is 28.1 Å². The number of hydrogen-bond acceptors (Lipinski definition) is 3. The first kappa shape index (κ1) is 16.5. The van der Waals surface area contributed by atoms with Gasteiger partial charge in [0, 0.05) is 44.3 Å². The molecule has 2 fully saturated rings. The lowest BCUT2D eigenvalue weighted by Gasteiger charge is -2.24. The van der Waals surface area contributed by atoms with Crippen molar-refractivity contribution in [3.05, 3.63) is 42.1 Å². The predicted octanol–water partition coefficient (Wildman–Crippen LogP) is 3.44. The summed E-state index contributed by atoms with van der Waals surface area (Å²) in [6.45, 7) is 3.44. The Morgan fingerprint density at radius 1 is 1.16 bits per heavy atom. The molecule has 2 saturated heterocycles. The number of fused-ring (bicyclic) bond motifs is 1. The Bertz CT molecular complexity index is 740. The van der Waals surface area contributed by atoms with Gasteiger partial charge in [-0.15, -0.1) is 0 Å². The molecule has 2 aliphatic rings.